The van der Waals surface area contributed by atoms with E-state index in [-0.39, 0.29) is 5.91 Å². The number of carbonyl (C=O) groups is 1. The number of ether oxygens (including phenoxy) is 1. The van der Waals surface area contributed by atoms with Crippen LogP contribution >= 0.6 is 11.3 Å². The molecule has 1 aromatic heterocycles. The Morgan fingerprint density at radius 2 is 2.38 bits per heavy atom. The Bertz CT molecular complexity index is 682. The fraction of sp³-hybridized carbons (Fsp3) is 0.333. The number of thiazole rings is 1. The van der Waals surface area contributed by atoms with E-state index in [4.69, 9.17) is 10.5 Å². The molecule has 21 heavy (non-hydrogen) atoms. The first kappa shape index (κ1) is 14.0. The Kier molecular flexibility index (Phi) is 3.90. The van der Waals surface area contributed by atoms with E-state index in [9.17, 15) is 4.79 Å². The van der Waals surface area contributed by atoms with Crippen LogP contribution in [-0.2, 0) is 11.2 Å². The van der Waals surface area contributed by atoms with Gasteiger partial charge in [0.05, 0.1) is 12.3 Å². The molecule has 0 spiro atoms. The maximum atomic E-state index is 11.6. The zero-order valence-corrected chi connectivity index (χ0v) is 12.6. The van der Waals surface area contributed by atoms with E-state index in [1.54, 1.807) is 0 Å². The average Bonchev–Trinajstić information content (AvgIpc) is 3.04. The highest BCUT2D eigenvalue weighted by Gasteiger charge is 2.16. The molecule has 110 valence electrons. The lowest BCUT2D eigenvalue weighted by atomic mass is 10.1. The molecule has 1 aliphatic rings. The molecule has 2 heterocycles. The predicted molar refractivity (Wildman–Crippen MR) is 83.8 cm³/mol. The summed E-state index contributed by atoms with van der Waals surface area (Å²) in [5.41, 5.74) is 8.56. The molecule has 1 aromatic carbocycles. The molecule has 6 heteroatoms. The molecule has 0 bridgehead atoms. The first-order valence-corrected chi connectivity index (χ1v) is 7.72. The molecule has 0 saturated carbocycles. The van der Waals surface area contributed by atoms with Crippen LogP contribution in [0.3, 0.4) is 0 Å². The van der Waals surface area contributed by atoms with E-state index in [0.29, 0.717) is 18.1 Å². The van der Waals surface area contributed by atoms with Gasteiger partial charge in [-0.2, -0.15) is 0 Å². The van der Waals surface area contributed by atoms with Crippen molar-refractivity contribution in [3.8, 4) is 17.0 Å². The number of carbonyl (C=O) groups excluding carboxylic acids is 1. The molecule has 1 amide bonds. The Morgan fingerprint density at radius 3 is 3.19 bits per heavy atom. The monoisotopic (exact) mass is 303 g/mol. The molecule has 0 saturated heterocycles. The summed E-state index contributed by atoms with van der Waals surface area (Å²) in [5.74, 6) is 0.864. The fourth-order valence-electron chi connectivity index (χ4n) is 2.36. The minimum atomic E-state index is -0.0971. The van der Waals surface area contributed by atoms with Gasteiger partial charge < -0.3 is 15.8 Å². The van der Waals surface area contributed by atoms with Crippen LogP contribution in [0.1, 0.15) is 16.9 Å². The van der Waals surface area contributed by atoms with Crippen molar-refractivity contribution in [3.63, 3.8) is 0 Å². The van der Waals surface area contributed by atoms with Crippen LogP contribution in [-0.4, -0.2) is 24.0 Å². The molecule has 1 aliphatic heterocycles. The van der Waals surface area contributed by atoms with Crippen LogP contribution in [0.25, 0.3) is 11.3 Å². The summed E-state index contributed by atoms with van der Waals surface area (Å²) in [7, 11) is 0. The quantitative estimate of drug-likeness (QED) is 0.909. The van der Waals surface area contributed by atoms with E-state index in [2.05, 4.69) is 16.4 Å². The smallest absolute Gasteiger partial charge is 0.227 e. The Hall–Kier alpha value is -1.92. The standard InChI is InChI=1S/C15H17N3O2S/c1-9-14(18-15(21-9)17-13(19)4-6-16)11-2-3-12-10(8-11)5-7-20-12/h2-3,8H,4-7,16H2,1H3,(H,17,18,19). The number of rotatable bonds is 4. The van der Waals surface area contributed by atoms with Crippen molar-refractivity contribution in [3.05, 3.63) is 28.6 Å². The van der Waals surface area contributed by atoms with Gasteiger partial charge in [-0.05, 0) is 30.7 Å². The number of aromatic nitrogens is 1. The molecular weight excluding hydrogens is 286 g/mol. The van der Waals surface area contributed by atoms with Crippen molar-refractivity contribution in [2.45, 2.75) is 19.8 Å². The van der Waals surface area contributed by atoms with E-state index in [1.165, 1.54) is 16.9 Å². The third kappa shape index (κ3) is 2.91. The molecule has 0 fully saturated rings. The van der Waals surface area contributed by atoms with Crippen molar-refractivity contribution in [1.29, 1.82) is 0 Å². The van der Waals surface area contributed by atoms with Gasteiger partial charge in [0.15, 0.2) is 5.13 Å². The Labute approximate surface area is 127 Å². The number of aryl methyl sites for hydroxylation is 1. The van der Waals surface area contributed by atoms with Crippen LogP contribution in [0.2, 0.25) is 0 Å². The van der Waals surface area contributed by atoms with E-state index in [0.717, 1.165) is 34.9 Å². The summed E-state index contributed by atoms with van der Waals surface area (Å²) >= 11 is 1.48. The zero-order chi connectivity index (χ0) is 14.8. The maximum absolute atomic E-state index is 11.6. The molecule has 0 aliphatic carbocycles. The number of hydrogen-bond donors (Lipinski definition) is 2. The molecule has 0 unspecified atom stereocenters. The first-order chi connectivity index (χ1) is 10.2. The number of fused-ring (bicyclic) bond motifs is 1. The summed E-state index contributed by atoms with van der Waals surface area (Å²) in [6, 6.07) is 6.12. The van der Waals surface area contributed by atoms with Crippen molar-refractivity contribution < 1.29 is 9.53 Å². The largest absolute Gasteiger partial charge is 0.493 e. The molecule has 5 nitrogen and oxygen atoms in total. The normalized spacial score (nSPS) is 12.9. The Morgan fingerprint density at radius 1 is 1.52 bits per heavy atom. The molecule has 2 aromatic rings. The van der Waals surface area contributed by atoms with Gasteiger partial charge >= 0.3 is 0 Å². The highest BCUT2D eigenvalue weighted by molar-refractivity contribution is 7.16. The van der Waals surface area contributed by atoms with Crippen molar-refractivity contribution in [2.75, 3.05) is 18.5 Å². The molecule has 0 radical (unpaired) electrons. The summed E-state index contributed by atoms with van der Waals surface area (Å²) in [5, 5.41) is 3.41. The van der Waals surface area contributed by atoms with Crippen LogP contribution in [0.15, 0.2) is 18.2 Å². The number of anilines is 1. The predicted octanol–water partition coefficient (Wildman–Crippen LogP) is 2.34. The lowest BCUT2D eigenvalue weighted by Gasteiger charge is -2.02. The second kappa shape index (κ2) is 5.83. The van der Waals surface area contributed by atoms with Gasteiger partial charge in [0.25, 0.3) is 0 Å². The highest BCUT2D eigenvalue weighted by atomic mass is 32.1. The van der Waals surface area contributed by atoms with Gasteiger partial charge in [-0.1, -0.05) is 0 Å². The number of nitrogens with one attached hydrogen (secondary N) is 1. The van der Waals surface area contributed by atoms with Crippen LogP contribution in [0, 0.1) is 6.92 Å². The average molecular weight is 303 g/mol. The van der Waals surface area contributed by atoms with Crippen LogP contribution < -0.4 is 15.8 Å². The van der Waals surface area contributed by atoms with E-state index >= 15 is 0 Å². The fourth-order valence-corrected chi connectivity index (χ4v) is 3.22. The molecule has 0 atom stereocenters. The number of nitrogens with two attached hydrogens (primary N) is 1. The van der Waals surface area contributed by atoms with Gasteiger partial charge in [-0.3, -0.25) is 4.79 Å². The van der Waals surface area contributed by atoms with Crippen molar-refractivity contribution in [1.82, 2.24) is 4.98 Å². The first-order valence-electron chi connectivity index (χ1n) is 6.91. The van der Waals surface area contributed by atoms with Crippen LogP contribution in [0.5, 0.6) is 5.75 Å². The number of amides is 1. The third-order valence-electron chi connectivity index (χ3n) is 3.38. The van der Waals surface area contributed by atoms with Gasteiger partial charge in [0, 0.05) is 29.8 Å². The van der Waals surface area contributed by atoms with Gasteiger partial charge in [-0.15, -0.1) is 11.3 Å². The highest BCUT2D eigenvalue weighted by Crippen LogP contribution is 2.34. The maximum Gasteiger partial charge on any atom is 0.227 e. The zero-order valence-electron chi connectivity index (χ0n) is 11.8. The summed E-state index contributed by atoms with van der Waals surface area (Å²) in [4.78, 5) is 17.2. The lowest BCUT2D eigenvalue weighted by Crippen LogP contribution is -2.15. The van der Waals surface area contributed by atoms with Gasteiger partial charge in [-0.25, -0.2) is 4.98 Å². The topological polar surface area (TPSA) is 77.2 Å². The minimum Gasteiger partial charge on any atom is -0.493 e. The minimum absolute atomic E-state index is 0.0971. The molecular formula is C15H17N3O2S. The van der Waals surface area contributed by atoms with Crippen molar-refractivity contribution >= 4 is 22.4 Å². The number of benzene rings is 1. The van der Waals surface area contributed by atoms with Crippen LogP contribution in [0.4, 0.5) is 5.13 Å². The van der Waals surface area contributed by atoms with Crippen molar-refractivity contribution in [2.24, 2.45) is 5.73 Å². The van der Waals surface area contributed by atoms with Gasteiger partial charge in [0.1, 0.15) is 5.75 Å². The number of nitrogens with zero attached hydrogens (tertiary/aromatic N) is 1. The summed E-state index contributed by atoms with van der Waals surface area (Å²) in [6.07, 6.45) is 1.25. The lowest BCUT2D eigenvalue weighted by molar-refractivity contribution is -0.116. The molecule has 3 rings (SSSR count). The van der Waals surface area contributed by atoms with E-state index in [1.807, 2.05) is 19.1 Å². The SMILES string of the molecule is Cc1sc(NC(=O)CCN)nc1-c1ccc2c(c1)CCO2. The second-order valence-corrected chi connectivity index (χ2v) is 6.13. The Balaban J connectivity index is 1.85. The second-order valence-electron chi connectivity index (χ2n) is 4.93. The number of hydrogen-bond acceptors (Lipinski definition) is 5. The van der Waals surface area contributed by atoms with Gasteiger partial charge in [0.2, 0.25) is 5.91 Å². The molecule has 3 N–H and O–H groups in total. The van der Waals surface area contributed by atoms with E-state index < -0.39 is 0 Å². The summed E-state index contributed by atoms with van der Waals surface area (Å²) in [6.45, 7) is 3.10. The summed E-state index contributed by atoms with van der Waals surface area (Å²) < 4.78 is 5.52. The third-order valence-corrected chi connectivity index (χ3v) is 4.26.